The molecule has 10 heteroatoms. The molecule has 0 fully saturated rings. The normalized spacial score (nSPS) is 15.6. The molecule has 2 aromatic rings. The van der Waals surface area contributed by atoms with Gasteiger partial charge in [0.1, 0.15) is 0 Å². The number of hydrogen-bond donors (Lipinski definition) is 4. The molecule has 0 amide bonds. The lowest BCUT2D eigenvalue weighted by Gasteiger charge is -2.24. The minimum Gasteiger partial charge on any atom is -0.454 e. The fourth-order valence-corrected chi connectivity index (χ4v) is 2.99. The maximum atomic E-state index is 10.7. The molecule has 0 aromatic heterocycles. The monoisotopic (exact) mass is 420 g/mol. The van der Waals surface area contributed by atoms with Crippen LogP contribution in [0.25, 0.3) is 0 Å². The average molecular weight is 420 g/mol. The third-order valence-electron chi connectivity index (χ3n) is 4.65. The van der Waals surface area contributed by atoms with Crippen LogP contribution in [0.5, 0.6) is 11.5 Å². The lowest BCUT2D eigenvalue weighted by atomic mass is 10.0. The summed E-state index contributed by atoms with van der Waals surface area (Å²) < 4.78 is 16.1. The number of nitro groups is 1. The fraction of sp³-hybridized carbons (Fsp3) is 0.400. The number of nitro benzene ring substituents is 1. The molecule has 0 aliphatic carbocycles. The number of ether oxygens (including phenoxy) is 3. The molecule has 1 heterocycles. The van der Waals surface area contributed by atoms with Crippen molar-refractivity contribution in [3.63, 3.8) is 0 Å². The molecular weight excluding hydrogens is 396 g/mol. The van der Waals surface area contributed by atoms with Crippen molar-refractivity contribution < 1.29 is 34.5 Å². The number of aliphatic hydroxyl groups is 3. The van der Waals surface area contributed by atoms with Crippen LogP contribution in [0.4, 0.5) is 5.69 Å². The summed E-state index contributed by atoms with van der Waals surface area (Å²) in [6.45, 7) is 0.219. The van der Waals surface area contributed by atoms with Crippen LogP contribution in [0.2, 0.25) is 0 Å². The van der Waals surface area contributed by atoms with Gasteiger partial charge in [-0.2, -0.15) is 0 Å². The maximum absolute atomic E-state index is 10.7. The second kappa shape index (κ2) is 10.3. The van der Waals surface area contributed by atoms with Gasteiger partial charge in [-0.25, -0.2) is 0 Å². The summed E-state index contributed by atoms with van der Waals surface area (Å²) in [6, 6.07) is 10.1. The molecule has 0 spiro atoms. The smallest absolute Gasteiger partial charge is 0.269 e. The van der Waals surface area contributed by atoms with Crippen molar-refractivity contribution in [3.05, 3.63) is 63.7 Å². The number of rotatable bonds is 11. The Balaban J connectivity index is 1.43. The van der Waals surface area contributed by atoms with E-state index in [-0.39, 0.29) is 38.8 Å². The Labute approximate surface area is 172 Å². The molecule has 3 atom stereocenters. The summed E-state index contributed by atoms with van der Waals surface area (Å²) in [5.41, 5.74) is 1.21. The molecule has 1 aliphatic rings. The Bertz CT molecular complexity index is 845. The molecule has 0 unspecified atom stereocenters. The summed E-state index contributed by atoms with van der Waals surface area (Å²) in [4.78, 5) is 10.2. The standard InChI is InChI=1S/C20H24N2O8/c23-9-17(20(25)14-2-4-15(5-3-14)22(26)27)21-8-16(24)11-28-10-13-1-6-18-19(7-13)30-12-29-18/h1-7,16-17,20-21,23-25H,8-12H2/t16-,17+,20-/m1/s1. The molecule has 0 saturated heterocycles. The lowest BCUT2D eigenvalue weighted by molar-refractivity contribution is -0.384. The highest BCUT2D eigenvalue weighted by molar-refractivity contribution is 5.44. The quantitative estimate of drug-likeness (QED) is 0.308. The van der Waals surface area contributed by atoms with Crippen molar-refractivity contribution in [2.45, 2.75) is 24.9 Å². The Morgan fingerprint density at radius 3 is 2.57 bits per heavy atom. The van der Waals surface area contributed by atoms with Crippen LogP contribution in [-0.4, -0.2) is 58.9 Å². The highest BCUT2D eigenvalue weighted by Gasteiger charge is 2.22. The summed E-state index contributed by atoms with van der Waals surface area (Å²) in [5, 5.41) is 43.7. The topological polar surface area (TPSA) is 144 Å². The molecule has 10 nitrogen and oxygen atoms in total. The predicted octanol–water partition coefficient (Wildman–Crippen LogP) is 0.885. The van der Waals surface area contributed by atoms with Crippen LogP contribution in [0.15, 0.2) is 42.5 Å². The lowest BCUT2D eigenvalue weighted by Crippen LogP contribution is -2.43. The van der Waals surface area contributed by atoms with Crippen molar-refractivity contribution in [2.75, 3.05) is 26.6 Å². The first-order valence-electron chi connectivity index (χ1n) is 9.39. The van der Waals surface area contributed by atoms with Crippen molar-refractivity contribution in [1.82, 2.24) is 5.32 Å². The number of nitrogens with one attached hydrogen (secondary N) is 1. The molecule has 4 N–H and O–H groups in total. The molecular formula is C20H24N2O8. The van der Waals surface area contributed by atoms with Gasteiger partial charge in [-0.3, -0.25) is 10.1 Å². The van der Waals surface area contributed by atoms with Crippen LogP contribution in [0, 0.1) is 10.1 Å². The van der Waals surface area contributed by atoms with Gasteiger partial charge in [0, 0.05) is 18.7 Å². The number of aliphatic hydroxyl groups excluding tert-OH is 3. The van der Waals surface area contributed by atoms with Gasteiger partial charge in [-0.1, -0.05) is 6.07 Å². The van der Waals surface area contributed by atoms with Gasteiger partial charge in [-0.05, 0) is 35.4 Å². The van der Waals surface area contributed by atoms with Crippen LogP contribution >= 0.6 is 0 Å². The minimum absolute atomic E-state index is 0.0488. The van der Waals surface area contributed by atoms with E-state index in [0.29, 0.717) is 17.1 Å². The van der Waals surface area contributed by atoms with E-state index in [1.807, 2.05) is 12.1 Å². The van der Waals surface area contributed by atoms with Gasteiger partial charge in [-0.15, -0.1) is 0 Å². The number of benzene rings is 2. The predicted molar refractivity (Wildman–Crippen MR) is 105 cm³/mol. The van der Waals surface area contributed by atoms with E-state index in [4.69, 9.17) is 14.2 Å². The first-order chi connectivity index (χ1) is 14.5. The van der Waals surface area contributed by atoms with E-state index in [2.05, 4.69) is 5.32 Å². The second-order valence-electron chi connectivity index (χ2n) is 6.85. The van der Waals surface area contributed by atoms with E-state index >= 15 is 0 Å². The molecule has 30 heavy (non-hydrogen) atoms. The Morgan fingerprint density at radius 1 is 1.13 bits per heavy atom. The second-order valence-corrected chi connectivity index (χ2v) is 6.85. The first kappa shape index (κ1) is 21.9. The van der Waals surface area contributed by atoms with E-state index in [1.165, 1.54) is 24.3 Å². The largest absolute Gasteiger partial charge is 0.454 e. The molecule has 0 radical (unpaired) electrons. The van der Waals surface area contributed by atoms with Crippen LogP contribution in [0.1, 0.15) is 17.2 Å². The SMILES string of the molecule is O=[N+]([O-])c1ccc([C@@H](O)[C@H](CO)NC[C@@H](O)COCc2ccc3c(c2)OCO3)cc1. The molecule has 1 aliphatic heterocycles. The number of hydrogen-bond acceptors (Lipinski definition) is 9. The number of fused-ring (bicyclic) bond motifs is 1. The van der Waals surface area contributed by atoms with Gasteiger partial charge in [0.15, 0.2) is 11.5 Å². The van der Waals surface area contributed by atoms with Crippen molar-refractivity contribution in [2.24, 2.45) is 0 Å². The van der Waals surface area contributed by atoms with Crippen molar-refractivity contribution >= 4 is 5.69 Å². The first-order valence-corrected chi connectivity index (χ1v) is 9.39. The van der Waals surface area contributed by atoms with Gasteiger partial charge in [0.05, 0.1) is 43.0 Å². The summed E-state index contributed by atoms with van der Waals surface area (Å²) in [5.74, 6) is 1.34. The molecule has 3 rings (SSSR count). The fourth-order valence-electron chi connectivity index (χ4n) is 2.99. The highest BCUT2D eigenvalue weighted by atomic mass is 16.7. The average Bonchev–Trinajstić information content (AvgIpc) is 3.22. The summed E-state index contributed by atoms with van der Waals surface area (Å²) in [7, 11) is 0. The molecule has 0 saturated carbocycles. The Hall–Kier alpha value is -2.76. The zero-order valence-electron chi connectivity index (χ0n) is 16.1. The van der Waals surface area contributed by atoms with Crippen LogP contribution in [0.3, 0.4) is 0 Å². The minimum atomic E-state index is -1.10. The van der Waals surface area contributed by atoms with E-state index in [0.717, 1.165) is 5.56 Å². The number of nitrogens with zero attached hydrogens (tertiary/aromatic N) is 1. The van der Waals surface area contributed by atoms with Crippen LogP contribution < -0.4 is 14.8 Å². The zero-order chi connectivity index (χ0) is 21.5. The highest BCUT2D eigenvalue weighted by Crippen LogP contribution is 2.32. The Morgan fingerprint density at radius 2 is 1.87 bits per heavy atom. The third-order valence-corrected chi connectivity index (χ3v) is 4.65. The zero-order valence-corrected chi connectivity index (χ0v) is 16.1. The molecule has 2 aromatic carbocycles. The van der Waals surface area contributed by atoms with Gasteiger partial charge >= 0.3 is 0 Å². The van der Waals surface area contributed by atoms with E-state index in [9.17, 15) is 25.4 Å². The number of non-ortho nitro benzene ring substituents is 1. The van der Waals surface area contributed by atoms with Gasteiger partial charge < -0.3 is 34.8 Å². The van der Waals surface area contributed by atoms with Gasteiger partial charge in [0.25, 0.3) is 5.69 Å². The summed E-state index contributed by atoms with van der Waals surface area (Å²) in [6.07, 6.45) is -1.96. The van der Waals surface area contributed by atoms with Crippen molar-refractivity contribution in [3.8, 4) is 11.5 Å². The Kier molecular flexibility index (Phi) is 7.55. The molecule has 162 valence electrons. The summed E-state index contributed by atoms with van der Waals surface area (Å²) >= 11 is 0. The van der Waals surface area contributed by atoms with Crippen molar-refractivity contribution in [1.29, 1.82) is 0 Å². The van der Waals surface area contributed by atoms with E-state index < -0.39 is 23.2 Å². The van der Waals surface area contributed by atoms with E-state index in [1.54, 1.807) is 6.07 Å². The third kappa shape index (κ3) is 5.65. The van der Waals surface area contributed by atoms with Gasteiger partial charge in [0.2, 0.25) is 6.79 Å². The maximum Gasteiger partial charge on any atom is 0.269 e. The van der Waals surface area contributed by atoms with Crippen LogP contribution in [-0.2, 0) is 11.3 Å². The molecule has 0 bridgehead atoms.